The zero-order valence-electron chi connectivity index (χ0n) is 10.9. The van der Waals surface area contributed by atoms with E-state index in [4.69, 9.17) is 15.2 Å². The van der Waals surface area contributed by atoms with Crippen molar-refractivity contribution in [3.05, 3.63) is 17.7 Å². The molecule has 19 heavy (non-hydrogen) atoms. The van der Waals surface area contributed by atoms with Crippen molar-refractivity contribution in [2.45, 2.75) is 31.2 Å². The van der Waals surface area contributed by atoms with Gasteiger partial charge in [-0.3, -0.25) is 0 Å². The molecule has 2 fully saturated rings. The third-order valence-corrected chi connectivity index (χ3v) is 3.99. The zero-order valence-corrected chi connectivity index (χ0v) is 10.9. The van der Waals surface area contributed by atoms with Gasteiger partial charge in [0.05, 0.1) is 24.9 Å². The van der Waals surface area contributed by atoms with E-state index < -0.39 is 0 Å². The molecule has 1 unspecified atom stereocenters. The number of ether oxygens (including phenoxy) is 2. The lowest BCUT2D eigenvalue weighted by atomic mass is 9.77. The van der Waals surface area contributed by atoms with Gasteiger partial charge < -0.3 is 20.2 Å². The lowest BCUT2D eigenvalue weighted by molar-refractivity contribution is 0.0421. The van der Waals surface area contributed by atoms with Crippen molar-refractivity contribution >= 4 is 5.97 Å². The Hall–Kier alpha value is -1.40. The molecule has 0 aromatic carbocycles. The second kappa shape index (κ2) is 4.94. The summed E-state index contributed by atoms with van der Waals surface area (Å²) in [5.41, 5.74) is 6.15. The van der Waals surface area contributed by atoms with Gasteiger partial charge in [-0.1, -0.05) is 0 Å². The quantitative estimate of drug-likeness (QED) is 0.791. The number of aromatic nitrogens is 2. The maximum absolute atomic E-state index is 11.9. The molecule has 1 aliphatic heterocycles. The first kappa shape index (κ1) is 12.6. The van der Waals surface area contributed by atoms with Crippen LogP contribution in [0.1, 0.15) is 42.0 Å². The van der Waals surface area contributed by atoms with Gasteiger partial charge in [0.25, 0.3) is 0 Å². The van der Waals surface area contributed by atoms with E-state index in [2.05, 4.69) is 9.97 Å². The third-order valence-electron chi connectivity index (χ3n) is 3.99. The molecule has 6 heteroatoms. The van der Waals surface area contributed by atoms with E-state index in [-0.39, 0.29) is 11.5 Å². The van der Waals surface area contributed by atoms with Crippen LogP contribution in [-0.2, 0) is 15.0 Å². The fourth-order valence-electron chi connectivity index (χ4n) is 2.46. The van der Waals surface area contributed by atoms with Crippen molar-refractivity contribution in [3.63, 3.8) is 0 Å². The van der Waals surface area contributed by atoms with Crippen LogP contribution in [0.25, 0.3) is 0 Å². The van der Waals surface area contributed by atoms with Gasteiger partial charge in [-0.2, -0.15) is 0 Å². The molecule has 0 bridgehead atoms. The molecule has 0 spiro atoms. The molecule has 3 N–H and O–H groups in total. The molecule has 1 saturated heterocycles. The van der Waals surface area contributed by atoms with Gasteiger partial charge in [0.1, 0.15) is 11.5 Å². The third kappa shape index (κ3) is 2.50. The highest BCUT2D eigenvalue weighted by Gasteiger charge is 2.37. The van der Waals surface area contributed by atoms with Gasteiger partial charge in [0, 0.05) is 12.5 Å². The minimum Gasteiger partial charge on any atom is -0.461 e. The number of nitrogens with one attached hydrogen (secondary N) is 1. The Morgan fingerprint density at radius 3 is 3.11 bits per heavy atom. The first-order valence-corrected chi connectivity index (χ1v) is 6.77. The molecule has 6 nitrogen and oxygen atoms in total. The van der Waals surface area contributed by atoms with Crippen LogP contribution in [-0.4, -0.2) is 35.8 Å². The average molecular weight is 265 g/mol. The molecule has 1 atom stereocenters. The van der Waals surface area contributed by atoms with Gasteiger partial charge in [0.15, 0.2) is 0 Å². The first-order valence-electron chi connectivity index (χ1n) is 6.77. The number of esters is 1. The summed E-state index contributed by atoms with van der Waals surface area (Å²) < 4.78 is 10.5. The Morgan fingerprint density at radius 2 is 2.47 bits per heavy atom. The second-order valence-corrected chi connectivity index (χ2v) is 5.48. The Balaban J connectivity index is 1.57. The van der Waals surface area contributed by atoms with E-state index in [1.165, 1.54) is 6.20 Å². The van der Waals surface area contributed by atoms with Crippen molar-refractivity contribution in [3.8, 4) is 0 Å². The average Bonchev–Trinajstić information content (AvgIpc) is 3.04. The summed E-state index contributed by atoms with van der Waals surface area (Å²) in [6.07, 6.45) is 5.39. The normalized spacial score (nSPS) is 25.0. The largest absolute Gasteiger partial charge is 0.461 e. The molecule has 104 valence electrons. The molecule has 0 radical (unpaired) electrons. The van der Waals surface area contributed by atoms with Crippen LogP contribution in [0.5, 0.6) is 0 Å². The second-order valence-electron chi connectivity index (χ2n) is 5.48. The van der Waals surface area contributed by atoms with E-state index in [0.717, 1.165) is 32.3 Å². The van der Waals surface area contributed by atoms with Crippen LogP contribution < -0.4 is 5.73 Å². The minimum atomic E-state index is -0.377. The highest BCUT2D eigenvalue weighted by Crippen LogP contribution is 2.36. The summed E-state index contributed by atoms with van der Waals surface area (Å²) in [6, 6.07) is 0. The highest BCUT2D eigenvalue weighted by atomic mass is 16.5. The lowest BCUT2D eigenvalue weighted by Crippen LogP contribution is -2.44. The maximum Gasteiger partial charge on any atom is 0.356 e. The number of aromatic amines is 1. The number of nitrogens with zero attached hydrogens (tertiary/aromatic N) is 1. The Kier molecular flexibility index (Phi) is 3.28. The summed E-state index contributed by atoms with van der Waals surface area (Å²) >= 11 is 0. The molecule has 1 aromatic rings. The molecule has 2 heterocycles. The molecular weight excluding hydrogens is 246 g/mol. The van der Waals surface area contributed by atoms with E-state index in [1.807, 2.05) is 0 Å². The van der Waals surface area contributed by atoms with Gasteiger partial charge in [0.2, 0.25) is 0 Å². The smallest absolute Gasteiger partial charge is 0.356 e. The number of nitrogens with two attached hydrogens (primary N) is 1. The molecule has 1 saturated carbocycles. The summed E-state index contributed by atoms with van der Waals surface area (Å²) in [5.74, 6) is 0.641. The summed E-state index contributed by atoms with van der Waals surface area (Å²) in [7, 11) is 0. The highest BCUT2D eigenvalue weighted by molar-refractivity contribution is 5.87. The van der Waals surface area contributed by atoms with Gasteiger partial charge >= 0.3 is 5.97 Å². The summed E-state index contributed by atoms with van der Waals surface area (Å²) in [5, 5.41) is 0. The summed E-state index contributed by atoms with van der Waals surface area (Å²) in [4.78, 5) is 19.1. The zero-order chi connectivity index (χ0) is 13.3. The Labute approximate surface area is 111 Å². The van der Waals surface area contributed by atoms with E-state index >= 15 is 0 Å². The van der Waals surface area contributed by atoms with Gasteiger partial charge in [-0.15, -0.1) is 0 Å². The van der Waals surface area contributed by atoms with Crippen LogP contribution in [0.3, 0.4) is 0 Å². The Morgan fingerprint density at radius 1 is 1.63 bits per heavy atom. The van der Waals surface area contributed by atoms with Crippen molar-refractivity contribution in [1.82, 2.24) is 9.97 Å². The number of carbonyl (C=O) groups is 1. The molecule has 0 amide bonds. The lowest BCUT2D eigenvalue weighted by Gasteiger charge is -2.35. The van der Waals surface area contributed by atoms with E-state index in [9.17, 15) is 4.79 Å². The van der Waals surface area contributed by atoms with Gasteiger partial charge in [-0.05, 0) is 25.7 Å². The number of H-pyrrole nitrogens is 1. The number of hydrogen-bond donors (Lipinski definition) is 2. The van der Waals surface area contributed by atoms with Crippen molar-refractivity contribution in [1.29, 1.82) is 0 Å². The molecular formula is C13H19N3O3. The SMILES string of the molecule is NC1(c2ncc(C(=O)OCC3CCOC3)[nH]2)CCC1. The number of imidazole rings is 1. The summed E-state index contributed by atoms with van der Waals surface area (Å²) in [6.45, 7) is 1.83. The topological polar surface area (TPSA) is 90.2 Å². The fraction of sp³-hybridized carbons (Fsp3) is 0.692. The van der Waals surface area contributed by atoms with Gasteiger partial charge in [-0.25, -0.2) is 9.78 Å². The predicted octanol–water partition coefficient (Wildman–Crippen LogP) is 0.941. The molecule has 1 aliphatic carbocycles. The van der Waals surface area contributed by atoms with Crippen LogP contribution in [0.15, 0.2) is 6.20 Å². The molecule has 3 rings (SSSR count). The monoisotopic (exact) mass is 265 g/mol. The van der Waals surface area contributed by atoms with Crippen LogP contribution in [0.2, 0.25) is 0 Å². The first-order chi connectivity index (χ1) is 9.17. The number of hydrogen-bond acceptors (Lipinski definition) is 5. The predicted molar refractivity (Wildman–Crippen MR) is 67.5 cm³/mol. The van der Waals surface area contributed by atoms with Crippen LogP contribution in [0, 0.1) is 5.92 Å². The standard InChI is InChI=1S/C13H19N3O3/c14-13(3-1-4-13)12-15-6-10(16-12)11(17)19-8-9-2-5-18-7-9/h6,9H,1-5,7-8,14H2,(H,15,16). The van der Waals surface area contributed by atoms with Crippen molar-refractivity contribution < 1.29 is 14.3 Å². The number of carbonyl (C=O) groups excluding carboxylic acids is 1. The number of rotatable bonds is 4. The van der Waals surface area contributed by atoms with Crippen LogP contribution in [0.4, 0.5) is 0 Å². The fourth-order valence-corrected chi connectivity index (χ4v) is 2.46. The molecule has 1 aromatic heterocycles. The van der Waals surface area contributed by atoms with Crippen molar-refractivity contribution in [2.75, 3.05) is 19.8 Å². The van der Waals surface area contributed by atoms with E-state index in [0.29, 0.717) is 30.7 Å². The van der Waals surface area contributed by atoms with Crippen LogP contribution >= 0.6 is 0 Å². The van der Waals surface area contributed by atoms with E-state index in [1.54, 1.807) is 0 Å². The Bertz CT molecular complexity index is 461. The van der Waals surface area contributed by atoms with Crippen molar-refractivity contribution in [2.24, 2.45) is 11.7 Å². The molecule has 2 aliphatic rings. The minimum absolute atomic E-state index is 0.318. The maximum atomic E-state index is 11.9.